The molecule has 0 aromatic carbocycles. The predicted octanol–water partition coefficient (Wildman–Crippen LogP) is 4.09. The Bertz CT molecular complexity index is 1830. The van der Waals surface area contributed by atoms with Crippen molar-refractivity contribution in [2.45, 2.75) is 27.7 Å². The molecular weight excluding hydrogens is 571 g/mol. The summed E-state index contributed by atoms with van der Waals surface area (Å²) in [5.74, 6) is -1.72. The summed E-state index contributed by atoms with van der Waals surface area (Å²) in [6.45, 7) is 5.29. The fourth-order valence-corrected chi connectivity index (χ4v) is 4.47. The van der Waals surface area contributed by atoms with Crippen molar-refractivity contribution in [3.8, 4) is 0 Å². The molecule has 12 nitrogen and oxygen atoms in total. The van der Waals surface area contributed by atoms with Crippen LogP contribution in [-0.2, 0) is 36.0 Å². The van der Waals surface area contributed by atoms with Gasteiger partial charge in [0.1, 0.15) is 5.52 Å². The number of fused-ring (bicyclic) bond motifs is 8. The molecule has 3 aromatic rings. The Kier molecular flexibility index (Phi) is 8.21. The van der Waals surface area contributed by atoms with Gasteiger partial charge in [0, 0.05) is 55.5 Å². The minimum Gasteiger partial charge on any atom is -0.355 e. The van der Waals surface area contributed by atoms with Gasteiger partial charge in [0.05, 0.1) is 45.4 Å². The van der Waals surface area contributed by atoms with Crippen LogP contribution in [0.25, 0.3) is 46.4 Å². The molecule has 5 N–H and O–H groups in total. The van der Waals surface area contributed by atoms with Gasteiger partial charge in [-0.15, -0.1) is 0 Å². The van der Waals surface area contributed by atoms with E-state index in [1.807, 2.05) is 30.3 Å². The van der Waals surface area contributed by atoms with Crippen molar-refractivity contribution in [2.24, 2.45) is 0 Å². The number of nitrogens with zero attached hydrogens (tertiary/aromatic N) is 3. The maximum atomic E-state index is 12.5. The maximum Gasteiger partial charge on any atom is 0.235 e. The van der Waals surface area contributed by atoms with Crippen LogP contribution >= 0.6 is 0 Å². The SMILES string of the molecule is CC(=O)Nc1c(NC(C)=O)c2c(NC(C)=O)c3nc(cc4ccc(cc5nc(cc1n2NC(C)=O)C=C5)[nH]4)C=C3.[Co]. The average molecular weight is 598 g/mol. The number of hydrogen-bond donors (Lipinski definition) is 5. The molecule has 1 radical (unpaired) electrons. The number of rotatable bonds is 4. The van der Waals surface area contributed by atoms with E-state index in [4.69, 9.17) is 4.98 Å². The number of aromatic amines is 1. The number of anilines is 3. The fraction of sp³-hybridized carbons (Fsp3) is 0.143. The van der Waals surface area contributed by atoms with Gasteiger partial charge in [-0.25, -0.2) is 14.6 Å². The van der Waals surface area contributed by atoms with E-state index in [0.717, 1.165) is 11.0 Å². The third kappa shape index (κ3) is 6.26. The summed E-state index contributed by atoms with van der Waals surface area (Å²) in [6.07, 6.45) is 7.09. The van der Waals surface area contributed by atoms with Crippen molar-refractivity contribution in [3.05, 3.63) is 53.1 Å². The van der Waals surface area contributed by atoms with Crippen molar-refractivity contribution in [1.29, 1.82) is 0 Å². The van der Waals surface area contributed by atoms with Gasteiger partial charge in [-0.1, -0.05) is 0 Å². The van der Waals surface area contributed by atoms with Crippen molar-refractivity contribution in [2.75, 3.05) is 21.4 Å². The number of hydrogen-bond acceptors (Lipinski definition) is 6. The van der Waals surface area contributed by atoms with Gasteiger partial charge in [0.25, 0.3) is 0 Å². The molecule has 211 valence electrons. The number of carbonyl (C=O) groups excluding carboxylic acids is 4. The van der Waals surface area contributed by atoms with Gasteiger partial charge in [-0.3, -0.25) is 24.6 Å². The molecule has 0 atom stereocenters. The van der Waals surface area contributed by atoms with Crippen LogP contribution in [0, 0.1) is 0 Å². The van der Waals surface area contributed by atoms with Gasteiger partial charge in [-0.05, 0) is 54.6 Å². The van der Waals surface area contributed by atoms with Crippen LogP contribution < -0.4 is 21.4 Å². The van der Waals surface area contributed by atoms with Crippen LogP contribution in [0.5, 0.6) is 0 Å². The zero-order valence-electron chi connectivity index (χ0n) is 22.5. The second-order valence-corrected chi connectivity index (χ2v) is 9.26. The molecule has 41 heavy (non-hydrogen) atoms. The van der Waals surface area contributed by atoms with Crippen LogP contribution in [0.4, 0.5) is 17.1 Å². The molecule has 2 aliphatic rings. The topological polar surface area (TPSA) is 163 Å². The van der Waals surface area contributed by atoms with Gasteiger partial charge in [-0.2, -0.15) is 0 Å². The standard InChI is InChI=1S/C28H26N8O4.Co/c1-14(37)29-25-23-10-9-21(34-23)12-20-6-5-18(32-20)11-19-7-8-22(33-19)13-24-26(30-15(2)38)27(31-16(3)39)28(25)36(24)35-17(4)40;/h5-13,32H,1-4H3,(H,29,37)(H,30,38)(H,31,39)(H,35,40);. The molecule has 5 heterocycles. The summed E-state index contributed by atoms with van der Waals surface area (Å²) in [5.41, 5.74) is 7.55. The molecule has 0 aliphatic carbocycles. The first-order chi connectivity index (χ1) is 19.1. The van der Waals surface area contributed by atoms with E-state index < -0.39 is 23.6 Å². The molecule has 8 bridgehead atoms. The first-order valence-corrected chi connectivity index (χ1v) is 12.3. The summed E-state index contributed by atoms with van der Waals surface area (Å²) >= 11 is 0. The summed E-state index contributed by atoms with van der Waals surface area (Å²) < 4.78 is 1.39. The number of H-pyrrole nitrogens is 1. The largest absolute Gasteiger partial charge is 0.355 e. The fourth-order valence-electron chi connectivity index (χ4n) is 4.47. The normalized spacial score (nSPS) is 11.4. The monoisotopic (exact) mass is 597 g/mol. The van der Waals surface area contributed by atoms with E-state index in [0.29, 0.717) is 28.3 Å². The summed E-state index contributed by atoms with van der Waals surface area (Å²) in [5, 5.41) is 8.34. The van der Waals surface area contributed by atoms with E-state index >= 15 is 0 Å². The first kappa shape index (κ1) is 29.0. The van der Waals surface area contributed by atoms with Crippen LogP contribution in [0.1, 0.15) is 50.5 Å². The quantitative estimate of drug-likeness (QED) is 0.210. The van der Waals surface area contributed by atoms with E-state index in [9.17, 15) is 19.2 Å². The van der Waals surface area contributed by atoms with Crippen molar-refractivity contribution >= 4 is 87.1 Å². The van der Waals surface area contributed by atoms with Gasteiger partial charge >= 0.3 is 0 Å². The number of nitrogens with one attached hydrogen (secondary N) is 5. The maximum absolute atomic E-state index is 12.5. The van der Waals surface area contributed by atoms with Crippen molar-refractivity contribution < 1.29 is 36.0 Å². The van der Waals surface area contributed by atoms with Gasteiger partial charge < -0.3 is 20.9 Å². The van der Waals surface area contributed by atoms with Crippen LogP contribution in [0.15, 0.2) is 30.3 Å². The number of amides is 4. The molecule has 4 amide bonds. The van der Waals surface area contributed by atoms with E-state index in [2.05, 4.69) is 31.3 Å². The zero-order chi connectivity index (χ0) is 28.6. The van der Waals surface area contributed by atoms with Gasteiger partial charge in [0.2, 0.25) is 23.6 Å². The molecule has 0 saturated heterocycles. The third-order valence-electron chi connectivity index (χ3n) is 5.84. The molecule has 0 spiro atoms. The summed E-state index contributed by atoms with van der Waals surface area (Å²) in [6, 6.07) is 9.20. The minimum atomic E-state index is -0.443. The number of aromatic nitrogens is 4. The molecule has 5 rings (SSSR count). The summed E-state index contributed by atoms with van der Waals surface area (Å²) in [7, 11) is 0. The predicted molar refractivity (Wildman–Crippen MR) is 155 cm³/mol. The van der Waals surface area contributed by atoms with Gasteiger partial charge in [0.15, 0.2) is 0 Å². The molecule has 13 heteroatoms. The average Bonchev–Trinajstić information content (AvgIpc) is 3.63. The number of carbonyl (C=O) groups is 4. The molecule has 2 aliphatic heterocycles. The summed E-state index contributed by atoms with van der Waals surface area (Å²) in [4.78, 5) is 62.4. The molecule has 3 aromatic heterocycles. The Morgan fingerprint density at radius 3 is 1.76 bits per heavy atom. The van der Waals surface area contributed by atoms with E-state index in [-0.39, 0.29) is 39.4 Å². The molecular formula is C28H26CoN8O4. The second-order valence-electron chi connectivity index (χ2n) is 9.26. The van der Waals surface area contributed by atoms with Crippen molar-refractivity contribution in [3.63, 3.8) is 0 Å². The third-order valence-corrected chi connectivity index (χ3v) is 5.84. The van der Waals surface area contributed by atoms with Crippen LogP contribution in [-0.4, -0.2) is 43.3 Å². The van der Waals surface area contributed by atoms with E-state index in [1.54, 1.807) is 24.3 Å². The Labute approximate surface area is 244 Å². The molecule has 0 unspecified atom stereocenters. The van der Waals surface area contributed by atoms with E-state index in [1.165, 1.54) is 32.4 Å². The van der Waals surface area contributed by atoms with Crippen LogP contribution in [0.3, 0.4) is 0 Å². The Hall–Kier alpha value is -5.01. The zero-order valence-corrected chi connectivity index (χ0v) is 23.5. The minimum absolute atomic E-state index is 0. The first-order valence-electron chi connectivity index (χ1n) is 12.3. The van der Waals surface area contributed by atoms with Crippen molar-refractivity contribution in [1.82, 2.24) is 19.6 Å². The Morgan fingerprint density at radius 1 is 0.659 bits per heavy atom. The Balaban J connectivity index is 0.00000387. The van der Waals surface area contributed by atoms with Crippen LogP contribution in [0.2, 0.25) is 0 Å². The Morgan fingerprint density at radius 2 is 1.17 bits per heavy atom. The molecule has 0 saturated carbocycles. The molecule has 0 fully saturated rings. The smallest absolute Gasteiger partial charge is 0.235 e. The second kappa shape index (κ2) is 11.6.